The van der Waals surface area contributed by atoms with Gasteiger partial charge >= 0.3 is 6.01 Å². The van der Waals surface area contributed by atoms with Crippen molar-refractivity contribution < 1.29 is 18.7 Å². The van der Waals surface area contributed by atoms with Crippen LogP contribution in [-0.4, -0.2) is 78.9 Å². The van der Waals surface area contributed by atoms with Gasteiger partial charge < -0.3 is 29.0 Å². The molecule has 11 heteroatoms. The average molecular weight is 605 g/mol. The van der Waals surface area contributed by atoms with Crippen LogP contribution in [0.5, 0.6) is 6.01 Å². The Balaban J connectivity index is 1.29. The number of carbonyl (C=O) groups excluding carboxylic acids is 1. The van der Waals surface area contributed by atoms with Crippen molar-refractivity contribution in [3.8, 4) is 6.01 Å². The monoisotopic (exact) mass is 604 g/mol. The molecule has 6 rings (SSSR count). The molecule has 1 atom stereocenters. The third-order valence-electron chi connectivity index (χ3n) is 8.17. The maximum atomic E-state index is 13.8. The molecule has 3 aromatic rings. The standard InChI is InChI=1S/C32H34ClFN6O3/c1-21(34)31(41)40-15-14-39(19-23(40)18-35-2)30-25-12-13-38(28-9-4-7-22-6-3-8-26(33)29(22)28)20-27(25)36-32(37-30)43-17-5-16-42-24-10-11-24/h3-4,6-9,23-24H,1,5,10-20H2/t23-/m0/s1. The Labute approximate surface area is 255 Å². The van der Waals surface area contributed by atoms with E-state index in [1.54, 1.807) is 0 Å². The number of ether oxygens (including phenoxy) is 2. The third kappa shape index (κ3) is 6.38. The van der Waals surface area contributed by atoms with Crippen LogP contribution in [-0.2, 0) is 22.5 Å². The van der Waals surface area contributed by atoms with Gasteiger partial charge in [-0.3, -0.25) is 4.79 Å². The number of fused-ring (bicyclic) bond motifs is 2. The van der Waals surface area contributed by atoms with E-state index in [2.05, 4.69) is 39.4 Å². The molecule has 9 nitrogen and oxygen atoms in total. The highest BCUT2D eigenvalue weighted by molar-refractivity contribution is 6.36. The van der Waals surface area contributed by atoms with E-state index in [1.165, 1.54) is 4.90 Å². The Morgan fingerprint density at radius 3 is 2.70 bits per heavy atom. The van der Waals surface area contributed by atoms with Gasteiger partial charge in [0.15, 0.2) is 5.83 Å². The molecule has 43 heavy (non-hydrogen) atoms. The van der Waals surface area contributed by atoms with Crippen molar-refractivity contribution in [3.05, 3.63) is 76.5 Å². The van der Waals surface area contributed by atoms with Crippen molar-refractivity contribution >= 4 is 39.8 Å². The lowest BCUT2D eigenvalue weighted by Crippen LogP contribution is -2.57. The van der Waals surface area contributed by atoms with E-state index in [4.69, 9.17) is 37.6 Å². The molecule has 0 N–H and O–H groups in total. The summed E-state index contributed by atoms with van der Waals surface area (Å²) in [4.78, 5) is 31.5. The number of nitrogens with zero attached hydrogens (tertiary/aromatic N) is 6. The number of amides is 1. The lowest BCUT2D eigenvalue weighted by molar-refractivity contribution is -0.131. The topological polar surface area (TPSA) is 75.4 Å². The highest BCUT2D eigenvalue weighted by Gasteiger charge is 2.36. The minimum absolute atomic E-state index is 0.0583. The molecule has 1 aromatic heterocycles. The van der Waals surface area contributed by atoms with Crippen LogP contribution < -0.4 is 14.5 Å². The second-order valence-corrected chi connectivity index (χ2v) is 11.6. The molecule has 0 unspecified atom stereocenters. The van der Waals surface area contributed by atoms with Gasteiger partial charge in [-0.2, -0.15) is 9.97 Å². The first-order valence-corrected chi connectivity index (χ1v) is 15.1. The van der Waals surface area contributed by atoms with Gasteiger partial charge in [-0.15, -0.1) is 0 Å². The van der Waals surface area contributed by atoms with Gasteiger partial charge in [-0.25, -0.2) is 11.0 Å². The molecule has 0 spiro atoms. The number of aromatic nitrogens is 2. The molecule has 224 valence electrons. The van der Waals surface area contributed by atoms with Gasteiger partial charge in [0, 0.05) is 49.2 Å². The molecule has 3 aliphatic rings. The zero-order valence-corrected chi connectivity index (χ0v) is 24.7. The van der Waals surface area contributed by atoms with E-state index in [9.17, 15) is 9.18 Å². The first-order chi connectivity index (χ1) is 20.9. The summed E-state index contributed by atoms with van der Waals surface area (Å²) in [7, 11) is 0. The van der Waals surface area contributed by atoms with E-state index in [1.807, 2.05) is 18.2 Å². The van der Waals surface area contributed by atoms with E-state index < -0.39 is 17.8 Å². The number of piperazine rings is 1. The molecular formula is C32H34ClFN6O3. The number of rotatable bonds is 10. The zero-order valence-electron chi connectivity index (χ0n) is 24.0. The van der Waals surface area contributed by atoms with Gasteiger partial charge in [0.25, 0.3) is 5.91 Å². The molecule has 1 amide bonds. The molecule has 2 aromatic carbocycles. The van der Waals surface area contributed by atoms with Crippen LogP contribution in [0.15, 0.2) is 48.8 Å². The lowest BCUT2D eigenvalue weighted by atomic mass is 10.0. The largest absolute Gasteiger partial charge is 0.463 e. The van der Waals surface area contributed by atoms with Crippen LogP contribution in [0.3, 0.4) is 0 Å². The maximum absolute atomic E-state index is 13.8. The fourth-order valence-corrected chi connectivity index (χ4v) is 6.18. The quantitative estimate of drug-likeness (QED) is 0.179. The highest BCUT2D eigenvalue weighted by Crippen LogP contribution is 2.37. The van der Waals surface area contributed by atoms with Gasteiger partial charge in [0.2, 0.25) is 6.54 Å². The fourth-order valence-electron chi connectivity index (χ4n) is 5.90. The average Bonchev–Trinajstić information content (AvgIpc) is 3.84. The summed E-state index contributed by atoms with van der Waals surface area (Å²) in [5.74, 6) is -1.04. The van der Waals surface area contributed by atoms with Crippen LogP contribution in [0, 0.1) is 6.57 Å². The molecule has 1 aliphatic carbocycles. The summed E-state index contributed by atoms with van der Waals surface area (Å²) in [5, 5.41) is 2.79. The Morgan fingerprint density at radius 2 is 1.93 bits per heavy atom. The van der Waals surface area contributed by atoms with Gasteiger partial charge in [-0.05, 0) is 36.8 Å². The van der Waals surface area contributed by atoms with Crippen LogP contribution in [0.4, 0.5) is 15.9 Å². The second kappa shape index (κ2) is 12.7. The predicted molar refractivity (Wildman–Crippen MR) is 164 cm³/mol. The van der Waals surface area contributed by atoms with Crippen LogP contribution in [0.1, 0.15) is 30.5 Å². The summed E-state index contributed by atoms with van der Waals surface area (Å²) in [5.41, 5.74) is 2.93. The van der Waals surface area contributed by atoms with Crippen molar-refractivity contribution in [2.24, 2.45) is 0 Å². The van der Waals surface area contributed by atoms with E-state index in [0.29, 0.717) is 50.4 Å². The first-order valence-electron chi connectivity index (χ1n) is 14.7. The number of benzene rings is 2. The smallest absolute Gasteiger partial charge is 0.318 e. The van der Waals surface area contributed by atoms with Crippen LogP contribution in [0.25, 0.3) is 15.6 Å². The Bertz CT molecular complexity index is 1570. The fraction of sp³-hybridized carbons (Fsp3) is 0.438. The summed E-state index contributed by atoms with van der Waals surface area (Å²) in [6.07, 6.45) is 4.07. The third-order valence-corrected chi connectivity index (χ3v) is 8.49. The van der Waals surface area contributed by atoms with Crippen molar-refractivity contribution in [2.75, 3.05) is 55.7 Å². The molecule has 0 radical (unpaired) electrons. The Hall–Kier alpha value is -3.94. The molecule has 1 saturated carbocycles. The SMILES string of the molecule is [C-]#[N+]C[C@H]1CN(c2nc(OCCCOC3CC3)nc3c2CCN(c2cccc4cccc(Cl)c24)C3)CCN1C(=O)C(=C)F. The number of hydrogen-bond donors (Lipinski definition) is 0. The van der Waals surface area contributed by atoms with E-state index in [0.717, 1.165) is 59.3 Å². The molecule has 1 saturated heterocycles. The van der Waals surface area contributed by atoms with Crippen molar-refractivity contribution in [3.63, 3.8) is 0 Å². The molecule has 0 bridgehead atoms. The predicted octanol–water partition coefficient (Wildman–Crippen LogP) is 5.21. The minimum atomic E-state index is -1.02. The summed E-state index contributed by atoms with van der Waals surface area (Å²) in [6, 6.07) is 11.9. The Kier molecular flexibility index (Phi) is 8.63. The van der Waals surface area contributed by atoms with Gasteiger partial charge in [-0.1, -0.05) is 42.4 Å². The molecule has 2 fully saturated rings. The van der Waals surface area contributed by atoms with Crippen molar-refractivity contribution in [1.82, 2.24) is 14.9 Å². The number of anilines is 2. The van der Waals surface area contributed by atoms with Crippen molar-refractivity contribution in [2.45, 2.75) is 44.4 Å². The number of halogens is 2. The summed E-state index contributed by atoms with van der Waals surface area (Å²) in [6.45, 7) is 14.0. The van der Waals surface area contributed by atoms with Crippen LogP contribution >= 0.6 is 11.6 Å². The molecule has 2 aliphatic heterocycles. The summed E-state index contributed by atoms with van der Waals surface area (Å²) < 4.78 is 25.6. The van der Waals surface area contributed by atoms with Gasteiger partial charge in [0.05, 0.1) is 36.6 Å². The number of hydrogen-bond acceptors (Lipinski definition) is 7. The molecule has 3 heterocycles. The summed E-state index contributed by atoms with van der Waals surface area (Å²) >= 11 is 6.67. The van der Waals surface area contributed by atoms with Gasteiger partial charge in [0.1, 0.15) is 11.9 Å². The van der Waals surface area contributed by atoms with Crippen LogP contribution in [0.2, 0.25) is 5.02 Å². The highest BCUT2D eigenvalue weighted by atomic mass is 35.5. The van der Waals surface area contributed by atoms with E-state index >= 15 is 0 Å². The normalized spacial score (nSPS) is 18.3. The maximum Gasteiger partial charge on any atom is 0.318 e. The van der Waals surface area contributed by atoms with E-state index in [-0.39, 0.29) is 19.1 Å². The lowest BCUT2D eigenvalue weighted by Gasteiger charge is -2.41. The number of carbonyl (C=O) groups is 1. The first kappa shape index (κ1) is 29.1. The zero-order chi connectivity index (χ0) is 29.9. The second-order valence-electron chi connectivity index (χ2n) is 11.2. The minimum Gasteiger partial charge on any atom is -0.463 e. The molecular weight excluding hydrogens is 571 g/mol. The van der Waals surface area contributed by atoms with Crippen molar-refractivity contribution in [1.29, 1.82) is 0 Å². The Morgan fingerprint density at radius 1 is 1.12 bits per heavy atom.